The molecule has 5 nitrogen and oxygen atoms in total. The summed E-state index contributed by atoms with van der Waals surface area (Å²) >= 11 is 0. The Bertz CT molecular complexity index is 201. The van der Waals surface area contributed by atoms with Crippen LogP contribution in [0.4, 0.5) is 0 Å². The molecule has 5 heteroatoms. The molecule has 4 N–H and O–H groups in total. The minimum Gasteiger partial charge on any atom is -0.390 e. The smallest absolute Gasteiger partial charge is 0.0967 e. The third-order valence-corrected chi connectivity index (χ3v) is 3.03. The van der Waals surface area contributed by atoms with Crippen LogP contribution in [0.25, 0.3) is 0 Å². The fourth-order valence-corrected chi connectivity index (χ4v) is 2.22. The summed E-state index contributed by atoms with van der Waals surface area (Å²) in [7, 11) is 0. The molecule has 2 aliphatic heterocycles. The first-order valence-corrected chi connectivity index (χ1v) is 4.56. The van der Waals surface area contributed by atoms with Gasteiger partial charge in [0.2, 0.25) is 0 Å². The Kier molecular flexibility index (Phi) is 2.29. The van der Waals surface area contributed by atoms with Gasteiger partial charge >= 0.3 is 0 Å². The molecule has 2 heterocycles. The minimum atomic E-state index is -0.790. The second kappa shape index (κ2) is 3.18. The molecule has 2 aliphatic rings. The molecule has 76 valence electrons. The number of nitrogens with zero attached hydrogens (tertiary/aromatic N) is 1. The van der Waals surface area contributed by atoms with Gasteiger partial charge in [-0.25, -0.2) is 0 Å². The van der Waals surface area contributed by atoms with Crippen molar-refractivity contribution >= 4 is 0 Å². The van der Waals surface area contributed by atoms with Gasteiger partial charge in [-0.05, 0) is 6.42 Å². The fourth-order valence-electron chi connectivity index (χ4n) is 2.22. The normalized spacial score (nSPS) is 52.2. The van der Waals surface area contributed by atoms with Crippen LogP contribution in [0, 0.1) is 0 Å². The number of fused-ring (bicyclic) bond motifs is 1. The topological polar surface area (TPSA) is 84.2 Å². The second-order valence-corrected chi connectivity index (χ2v) is 3.95. The molecule has 2 rings (SSSR count). The van der Waals surface area contributed by atoms with Gasteiger partial charge in [0.05, 0.1) is 24.4 Å². The highest BCUT2D eigenvalue weighted by Gasteiger charge is 2.45. The number of aliphatic hydroxyl groups excluding tert-OH is 4. The predicted molar refractivity (Wildman–Crippen MR) is 44.0 cm³/mol. The zero-order chi connectivity index (χ0) is 9.59. The largest absolute Gasteiger partial charge is 0.390 e. The van der Waals surface area contributed by atoms with Crippen molar-refractivity contribution in [1.29, 1.82) is 0 Å². The van der Waals surface area contributed by atoms with Crippen LogP contribution in [0.5, 0.6) is 0 Å². The maximum absolute atomic E-state index is 9.51. The molecule has 0 amide bonds. The third-order valence-electron chi connectivity index (χ3n) is 3.03. The predicted octanol–water partition coefficient (Wildman–Crippen LogP) is -2.48. The van der Waals surface area contributed by atoms with Gasteiger partial charge in [-0.15, -0.1) is 0 Å². The van der Waals surface area contributed by atoms with Crippen molar-refractivity contribution in [2.24, 2.45) is 0 Å². The van der Waals surface area contributed by atoms with Crippen LogP contribution in [0.15, 0.2) is 0 Å². The van der Waals surface area contributed by atoms with Crippen LogP contribution in [-0.4, -0.2) is 68.9 Å². The van der Waals surface area contributed by atoms with Crippen LogP contribution in [0.1, 0.15) is 6.42 Å². The molecule has 13 heavy (non-hydrogen) atoms. The van der Waals surface area contributed by atoms with Gasteiger partial charge in [-0.2, -0.15) is 0 Å². The Morgan fingerprint density at radius 1 is 0.846 bits per heavy atom. The molecule has 0 unspecified atom stereocenters. The zero-order valence-corrected chi connectivity index (χ0v) is 7.24. The van der Waals surface area contributed by atoms with E-state index in [9.17, 15) is 20.4 Å². The summed E-state index contributed by atoms with van der Waals surface area (Å²) in [5, 5.41) is 37.6. The van der Waals surface area contributed by atoms with Gasteiger partial charge in [0.15, 0.2) is 0 Å². The molecule has 0 radical (unpaired) electrons. The van der Waals surface area contributed by atoms with E-state index in [-0.39, 0.29) is 6.04 Å². The quantitative estimate of drug-likeness (QED) is 0.339. The molecule has 0 aromatic carbocycles. The Morgan fingerprint density at radius 2 is 1.46 bits per heavy atom. The number of rotatable bonds is 0. The number of hydrogen-bond acceptors (Lipinski definition) is 5. The highest BCUT2D eigenvalue weighted by atomic mass is 16.3. The highest BCUT2D eigenvalue weighted by molar-refractivity contribution is 4.99. The summed E-state index contributed by atoms with van der Waals surface area (Å²) < 4.78 is 0. The van der Waals surface area contributed by atoms with E-state index in [1.54, 1.807) is 0 Å². The van der Waals surface area contributed by atoms with E-state index >= 15 is 0 Å². The SMILES string of the molecule is O[C@H]1[C@H](O)CN2C[C@@H](O)[C@@H](O)C[C@H]12. The van der Waals surface area contributed by atoms with Crippen LogP contribution in [0.3, 0.4) is 0 Å². The van der Waals surface area contributed by atoms with Gasteiger partial charge in [-0.3, -0.25) is 4.90 Å². The van der Waals surface area contributed by atoms with E-state index in [1.165, 1.54) is 0 Å². The van der Waals surface area contributed by atoms with E-state index in [4.69, 9.17) is 0 Å². The lowest BCUT2D eigenvalue weighted by atomic mass is 9.96. The third kappa shape index (κ3) is 1.47. The molecule has 0 aliphatic carbocycles. The van der Waals surface area contributed by atoms with E-state index in [0.29, 0.717) is 19.5 Å². The average Bonchev–Trinajstić information content (AvgIpc) is 2.32. The average molecular weight is 189 g/mol. The number of aliphatic hydroxyl groups is 4. The van der Waals surface area contributed by atoms with Crippen molar-refractivity contribution in [3.8, 4) is 0 Å². The summed E-state index contributed by atoms with van der Waals surface area (Å²) in [6.07, 6.45) is -2.74. The molecular weight excluding hydrogens is 174 g/mol. The minimum absolute atomic E-state index is 0.201. The van der Waals surface area contributed by atoms with Crippen LogP contribution in [0.2, 0.25) is 0 Å². The van der Waals surface area contributed by atoms with Gasteiger partial charge in [0.1, 0.15) is 0 Å². The Hall–Kier alpha value is -0.200. The molecule has 2 fully saturated rings. The lowest BCUT2D eigenvalue weighted by Gasteiger charge is -2.36. The second-order valence-electron chi connectivity index (χ2n) is 3.95. The van der Waals surface area contributed by atoms with Crippen molar-refractivity contribution in [1.82, 2.24) is 4.90 Å². The van der Waals surface area contributed by atoms with Gasteiger partial charge in [0.25, 0.3) is 0 Å². The first-order valence-electron chi connectivity index (χ1n) is 4.56. The lowest BCUT2D eigenvalue weighted by Crippen LogP contribution is -2.51. The number of hydrogen-bond donors (Lipinski definition) is 4. The fraction of sp³-hybridized carbons (Fsp3) is 1.00. The standard InChI is InChI=1S/C8H15NO4/c10-5-1-4-8(13)7(12)3-9(4)2-6(5)11/h4-8,10-13H,1-3H2/t4-,5+,6-,7-,8-/m1/s1. The molecule has 0 spiro atoms. The molecule has 0 saturated carbocycles. The monoisotopic (exact) mass is 189 g/mol. The summed E-state index contributed by atoms with van der Waals surface area (Å²) in [5.74, 6) is 0. The van der Waals surface area contributed by atoms with Crippen molar-refractivity contribution in [2.45, 2.75) is 36.9 Å². The first-order chi connectivity index (χ1) is 6.09. The maximum Gasteiger partial charge on any atom is 0.0967 e. The Morgan fingerprint density at radius 3 is 2.15 bits per heavy atom. The zero-order valence-electron chi connectivity index (χ0n) is 7.24. The van der Waals surface area contributed by atoms with E-state index < -0.39 is 24.4 Å². The lowest BCUT2D eigenvalue weighted by molar-refractivity contribution is -0.0661. The molecule has 0 bridgehead atoms. The number of piperidine rings is 1. The van der Waals surface area contributed by atoms with Gasteiger partial charge < -0.3 is 20.4 Å². The van der Waals surface area contributed by atoms with Gasteiger partial charge in [0, 0.05) is 19.1 Å². The van der Waals surface area contributed by atoms with Crippen LogP contribution in [-0.2, 0) is 0 Å². The molecular formula is C8H15NO4. The summed E-state index contributed by atoms with van der Waals surface area (Å²) in [4.78, 5) is 1.83. The molecule has 0 aromatic heterocycles. The molecule has 0 aromatic rings. The first kappa shape index (κ1) is 9.36. The molecule has 5 atom stereocenters. The maximum atomic E-state index is 9.51. The van der Waals surface area contributed by atoms with Crippen molar-refractivity contribution in [2.75, 3.05) is 13.1 Å². The Labute approximate surface area is 76.2 Å². The van der Waals surface area contributed by atoms with E-state index in [1.807, 2.05) is 4.90 Å². The van der Waals surface area contributed by atoms with Crippen LogP contribution < -0.4 is 0 Å². The summed E-state index contributed by atoms with van der Waals surface area (Å²) in [6, 6.07) is -0.201. The Balaban J connectivity index is 2.08. The van der Waals surface area contributed by atoms with Crippen molar-refractivity contribution < 1.29 is 20.4 Å². The molecule has 2 saturated heterocycles. The summed E-state index contributed by atoms with van der Waals surface area (Å²) in [5.41, 5.74) is 0. The highest BCUT2D eigenvalue weighted by Crippen LogP contribution is 2.27. The van der Waals surface area contributed by atoms with Crippen LogP contribution >= 0.6 is 0 Å². The van der Waals surface area contributed by atoms with E-state index in [0.717, 1.165) is 0 Å². The van der Waals surface area contributed by atoms with Crippen molar-refractivity contribution in [3.63, 3.8) is 0 Å². The van der Waals surface area contributed by atoms with E-state index in [2.05, 4.69) is 0 Å². The summed E-state index contributed by atoms with van der Waals surface area (Å²) in [6.45, 7) is 0.718. The van der Waals surface area contributed by atoms with Gasteiger partial charge in [-0.1, -0.05) is 0 Å². The van der Waals surface area contributed by atoms with Crippen molar-refractivity contribution in [3.05, 3.63) is 0 Å².